The van der Waals surface area contributed by atoms with Crippen LogP contribution in [0.15, 0.2) is 22.1 Å². The van der Waals surface area contributed by atoms with Crippen LogP contribution in [-0.4, -0.2) is 10.2 Å². The summed E-state index contributed by atoms with van der Waals surface area (Å²) in [6.07, 6.45) is 0. The van der Waals surface area contributed by atoms with E-state index in [0.29, 0.717) is 20.4 Å². The molecule has 0 aliphatic rings. The van der Waals surface area contributed by atoms with Crippen LogP contribution >= 0.6 is 27.3 Å². The molecule has 2 rings (SSSR count). The van der Waals surface area contributed by atoms with E-state index in [4.69, 9.17) is 4.74 Å². The van der Waals surface area contributed by atoms with E-state index in [-0.39, 0.29) is 5.82 Å². The topological polar surface area (TPSA) is 35.0 Å². The summed E-state index contributed by atoms with van der Waals surface area (Å²) in [5.41, 5.74) is 0.584. The van der Waals surface area contributed by atoms with Gasteiger partial charge in [0.2, 0.25) is 0 Å². The summed E-state index contributed by atoms with van der Waals surface area (Å²) in [6.45, 7) is 1.70. The van der Waals surface area contributed by atoms with E-state index in [2.05, 4.69) is 26.1 Å². The minimum atomic E-state index is -0.295. The molecule has 0 amide bonds. The first-order valence-electron chi connectivity index (χ1n) is 4.08. The summed E-state index contributed by atoms with van der Waals surface area (Å²) in [5, 5.41) is 7.84. The second kappa shape index (κ2) is 4.24. The lowest BCUT2D eigenvalue weighted by atomic mass is 10.2. The minimum absolute atomic E-state index is 0.295. The van der Waals surface area contributed by atoms with Crippen molar-refractivity contribution in [3.63, 3.8) is 0 Å². The third-order valence-electron chi connectivity index (χ3n) is 1.73. The third kappa shape index (κ3) is 2.51. The van der Waals surface area contributed by atoms with E-state index in [1.165, 1.54) is 17.4 Å². The molecule has 3 nitrogen and oxygen atoms in total. The van der Waals surface area contributed by atoms with Gasteiger partial charge in [0, 0.05) is 6.07 Å². The Kier molecular flexibility index (Phi) is 2.97. The Bertz CT molecular complexity index is 489. The average Bonchev–Trinajstić information content (AvgIpc) is 2.58. The van der Waals surface area contributed by atoms with Crippen molar-refractivity contribution >= 4 is 27.3 Å². The molecule has 0 saturated heterocycles. The largest absolute Gasteiger partial charge is 0.430 e. The molecular weight excluding hydrogens is 283 g/mol. The molecule has 1 aromatic carbocycles. The standard InChI is InChI=1S/C9H6BrFN2OS/c1-5-2-3-6(4-7(5)11)14-9-13-12-8(10)15-9/h2-4H,1H3. The number of benzene rings is 1. The maximum absolute atomic E-state index is 13.2. The van der Waals surface area contributed by atoms with Crippen molar-refractivity contribution in [1.82, 2.24) is 10.2 Å². The van der Waals surface area contributed by atoms with Gasteiger partial charge in [-0.2, -0.15) is 0 Å². The third-order valence-corrected chi connectivity index (χ3v) is 2.96. The SMILES string of the molecule is Cc1ccc(Oc2nnc(Br)s2)cc1F. The van der Waals surface area contributed by atoms with Gasteiger partial charge in [-0.25, -0.2) is 4.39 Å². The minimum Gasteiger partial charge on any atom is -0.430 e. The predicted octanol–water partition coefficient (Wildman–Crippen LogP) is 3.54. The molecule has 0 fully saturated rings. The van der Waals surface area contributed by atoms with Crippen molar-refractivity contribution < 1.29 is 9.13 Å². The Morgan fingerprint density at radius 2 is 2.20 bits per heavy atom. The van der Waals surface area contributed by atoms with Crippen molar-refractivity contribution in [2.24, 2.45) is 0 Å². The van der Waals surface area contributed by atoms with E-state index < -0.39 is 0 Å². The molecule has 15 heavy (non-hydrogen) atoms. The molecule has 2 aromatic rings. The first-order chi connectivity index (χ1) is 7.15. The van der Waals surface area contributed by atoms with Gasteiger partial charge in [0.15, 0.2) is 3.92 Å². The van der Waals surface area contributed by atoms with E-state index in [0.717, 1.165) is 0 Å². The van der Waals surface area contributed by atoms with Crippen molar-refractivity contribution in [3.05, 3.63) is 33.5 Å². The van der Waals surface area contributed by atoms with Crippen LogP contribution < -0.4 is 4.74 Å². The van der Waals surface area contributed by atoms with Gasteiger partial charge >= 0.3 is 0 Å². The molecule has 0 spiro atoms. The van der Waals surface area contributed by atoms with Gasteiger partial charge in [-0.15, -0.1) is 5.10 Å². The summed E-state index contributed by atoms with van der Waals surface area (Å²) in [4.78, 5) is 0. The van der Waals surface area contributed by atoms with Crippen LogP contribution in [0, 0.1) is 12.7 Å². The van der Waals surface area contributed by atoms with Crippen LogP contribution in [-0.2, 0) is 0 Å². The Morgan fingerprint density at radius 3 is 2.80 bits per heavy atom. The van der Waals surface area contributed by atoms with E-state index >= 15 is 0 Å². The highest BCUT2D eigenvalue weighted by Gasteiger charge is 2.05. The van der Waals surface area contributed by atoms with Crippen LogP contribution in [0.3, 0.4) is 0 Å². The van der Waals surface area contributed by atoms with Crippen molar-refractivity contribution in [3.8, 4) is 10.9 Å². The Hall–Kier alpha value is -1.01. The Balaban J connectivity index is 2.21. The second-order valence-electron chi connectivity index (χ2n) is 2.83. The van der Waals surface area contributed by atoms with Gasteiger partial charge in [-0.3, -0.25) is 0 Å². The fourth-order valence-electron chi connectivity index (χ4n) is 0.972. The predicted molar refractivity (Wildman–Crippen MR) is 58.8 cm³/mol. The van der Waals surface area contributed by atoms with Gasteiger partial charge in [-0.1, -0.05) is 11.2 Å². The highest BCUT2D eigenvalue weighted by atomic mass is 79.9. The molecule has 0 bridgehead atoms. The number of rotatable bonds is 2. The number of nitrogens with zero attached hydrogens (tertiary/aromatic N) is 2. The van der Waals surface area contributed by atoms with E-state index in [1.54, 1.807) is 19.1 Å². The van der Waals surface area contributed by atoms with Crippen molar-refractivity contribution in [2.45, 2.75) is 6.92 Å². The molecule has 0 aliphatic carbocycles. The van der Waals surface area contributed by atoms with E-state index in [9.17, 15) is 4.39 Å². The lowest BCUT2D eigenvalue weighted by Gasteiger charge is -2.01. The molecular formula is C9H6BrFN2OS. The molecule has 1 heterocycles. The normalized spacial score (nSPS) is 10.3. The molecule has 6 heteroatoms. The van der Waals surface area contributed by atoms with Crippen molar-refractivity contribution in [1.29, 1.82) is 0 Å². The number of ether oxygens (including phenoxy) is 1. The van der Waals surface area contributed by atoms with Crippen LogP contribution in [0.4, 0.5) is 4.39 Å². The van der Waals surface area contributed by atoms with Gasteiger partial charge in [0.1, 0.15) is 11.6 Å². The highest BCUT2D eigenvalue weighted by Crippen LogP contribution is 2.28. The highest BCUT2D eigenvalue weighted by molar-refractivity contribution is 9.11. The van der Waals surface area contributed by atoms with Crippen LogP contribution in [0.25, 0.3) is 0 Å². The lowest BCUT2D eigenvalue weighted by Crippen LogP contribution is -1.86. The zero-order valence-corrected chi connectivity index (χ0v) is 10.1. The molecule has 0 radical (unpaired) electrons. The maximum Gasteiger partial charge on any atom is 0.300 e. The van der Waals surface area contributed by atoms with E-state index in [1.807, 2.05) is 0 Å². The van der Waals surface area contributed by atoms with Gasteiger partial charge in [0.05, 0.1) is 0 Å². The Morgan fingerprint density at radius 1 is 1.40 bits per heavy atom. The summed E-state index contributed by atoms with van der Waals surface area (Å²) < 4.78 is 19.1. The first-order valence-corrected chi connectivity index (χ1v) is 5.69. The number of hydrogen-bond acceptors (Lipinski definition) is 4. The number of aryl methyl sites for hydroxylation is 1. The smallest absolute Gasteiger partial charge is 0.300 e. The lowest BCUT2D eigenvalue weighted by molar-refractivity contribution is 0.467. The fourth-order valence-corrected chi connectivity index (χ4v) is 1.91. The molecule has 1 aromatic heterocycles. The van der Waals surface area contributed by atoms with Crippen LogP contribution in [0.2, 0.25) is 0 Å². The van der Waals surface area contributed by atoms with Crippen LogP contribution in [0.1, 0.15) is 5.56 Å². The molecule has 0 N–H and O–H groups in total. The van der Waals surface area contributed by atoms with Crippen molar-refractivity contribution in [2.75, 3.05) is 0 Å². The zero-order chi connectivity index (χ0) is 10.8. The fraction of sp³-hybridized carbons (Fsp3) is 0.111. The monoisotopic (exact) mass is 288 g/mol. The summed E-state index contributed by atoms with van der Waals surface area (Å²) in [5.74, 6) is 0.123. The zero-order valence-electron chi connectivity index (χ0n) is 7.70. The van der Waals surface area contributed by atoms with Gasteiger partial charge in [-0.05, 0) is 45.8 Å². The summed E-state index contributed by atoms with van der Waals surface area (Å²) in [7, 11) is 0. The number of aromatic nitrogens is 2. The Labute approximate surface area is 98.0 Å². The summed E-state index contributed by atoms with van der Waals surface area (Å²) in [6, 6.07) is 4.67. The molecule has 78 valence electrons. The first kappa shape index (κ1) is 10.5. The maximum atomic E-state index is 13.2. The molecule has 0 saturated carbocycles. The second-order valence-corrected chi connectivity index (χ2v) is 5.05. The molecule has 0 aliphatic heterocycles. The summed E-state index contributed by atoms with van der Waals surface area (Å²) >= 11 is 4.40. The molecule has 0 atom stereocenters. The van der Waals surface area contributed by atoms with Crippen LogP contribution in [0.5, 0.6) is 10.9 Å². The number of halogens is 2. The quantitative estimate of drug-likeness (QED) is 0.848. The van der Waals surface area contributed by atoms with Gasteiger partial charge in [0.25, 0.3) is 5.19 Å². The average molecular weight is 289 g/mol. The van der Waals surface area contributed by atoms with Gasteiger partial charge < -0.3 is 4.74 Å². The molecule has 0 unspecified atom stereocenters. The number of hydrogen-bond donors (Lipinski definition) is 0.